The Morgan fingerprint density at radius 1 is 1.45 bits per heavy atom. The fourth-order valence-electron chi connectivity index (χ4n) is 2.01. The van der Waals surface area contributed by atoms with Crippen LogP contribution in [0.5, 0.6) is 5.75 Å². The van der Waals surface area contributed by atoms with Gasteiger partial charge in [0.1, 0.15) is 18.0 Å². The van der Waals surface area contributed by atoms with E-state index < -0.39 is 6.43 Å². The van der Waals surface area contributed by atoms with Gasteiger partial charge in [-0.25, -0.2) is 13.5 Å². The molecule has 2 heterocycles. The van der Waals surface area contributed by atoms with E-state index >= 15 is 0 Å². The highest BCUT2D eigenvalue weighted by Gasteiger charge is 2.22. The maximum atomic E-state index is 12.8. The van der Waals surface area contributed by atoms with Gasteiger partial charge >= 0.3 is 0 Å². The standard InChI is InChI=1S/C12H15F2N5O/c1-18-11(12(13)14)10(16-17-18)7-20-9-4-15-19(6-9)5-8-2-3-8/h4,6,8,12H,2-3,5,7H2,1H3. The molecular formula is C12H15F2N5O. The second-order valence-corrected chi connectivity index (χ2v) is 4.98. The van der Waals surface area contributed by atoms with Crippen molar-refractivity contribution in [1.29, 1.82) is 0 Å². The Kier molecular flexibility index (Phi) is 3.37. The third-order valence-corrected chi connectivity index (χ3v) is 3.28. The first-order chi connectivity index (χ1) is 9.63. The predicted octanol–water partition coefficient (Wildman–Crippen LogP) is 1.94. The topological polar surface area (TPSA) is 57.8 Å². The van der Waals surface area contributed by atoms with Crippen LogP contribution >= 0.6 is 0 Å². The van der Waals surface area contributed by atoms with Crippen molar-refractivity contribution >= 4 is 0 Å². The van der Waals surface area contributed by atoms with Crippen LogP contribution in [-0.4, -0.2) is 24.8 Å². The summed E-state index contributed by atoms with van der Waals surface area (Å²) in [6, 6.07) is 0. The summed E-state index contributed by atoms with van der Waals surface area (Å²) in [5.74, 6) is 1.27. The highest BCUT2D eigenvalue weighted by molar-refractivity contribution is 5.15. The Balaban J connectivity index is 1.62. The summed E-state index contributed by atoms with van der Waals surface area (Å²) in [6.45, 7) is 0.847. The van der Waals surface area contributed by atoms with Gasteiger partial charge < -0.3 is 4.74 Å². The number of rotatable bonds is 6. The summed E-state index contributed by atoms with van der Waals surface area (Å²) in [7, 11) is 1.44. The molecule has 1 fully saturated rings. The lowest BCUT2D eigenvalue weighted by atomic mass is 10.3. The number of hydrogen-bond acceptors (Lipinski definition) is 4. The third-order valence-electron chi connectivity index (χ3n) is 3.28. The number of nitrogens with zero attached hydrogens (tertiary/aromatic N) is 5. The molecule has 0 radical (unpaired) electrons. The van der Waals surface area contributed by atoms with Crippen LogP contribution in [0.3, 0.4) is 0 Å². The average Bonchev–Trinajstić information content (AvgIpc) is 2.96. The Morgan fingerprint density at radius 3 is 2.95 bits per heavy atom. The van der Waals surface area contributed by atoms with Gasteiger partial charge in [0.25, 0.3) is 6.43 Å². The van der Waals surface area contributed by atoms with Crippen molar-refractivity contribution in [1.82, 2.24) is 24.8 Å². The molecule has 0 amide bonds. The van der Waals surface area contributed by atoms with E-state index in [9.17, 15) is 8.78 Å². The zero-order valence-corrected chi connectivity index (χ0v) is 11.0. The molecule has 0 aromatic carbocycles. The fraction of sp³-hybridized carbons (Fsp3) is 0.583. The minimum Gasteiger partial charge on any atom is -0.484 e. The molecule has 0 atom stereocenters. The van der Waals surface area contributed by atoms with E-state index in [1.807, 2.05) is 4.68 Å². The molecule has 1 aliphatic carbocycles. The molecule has 3 rings (SSSR count). The van der Waals surface area contributed by atoms with E-state index in [1.54, 1.807) is 12.4 Å². The fourth-order valence-corrected chi connectivity index (χ4v) is 2.01. The molecule has 2 aromatic rings. The Bertz CT molecular complexity index is 590. The maximum absolute atomic E-state index is 12.8. The van der Waals surface area contributed by atoms with Crippen LogP contribution in [0.2, 0.25) is 0 Å². The number of ether oxygens (including phenoxy) is 1. The first-order valence-corrected chi connectivity index (χ1v) is 6.45. The Labute approximate surface area is 114 Å². The molecule has 0 spiro atoms. The zero-order valence-electron chi connectivity index (χ0n) is 11.0. The third kappa shape index (κ3) is 2.78. The smallest absolute Gasteiger partial charge is 0.282 e. The van der Waals surface area contributed by atoms with Crippen LogP contribution in [-0.2, 0) is 20.2 Å². The van der Waals surface area contributed by atoms with Gasteiger partial charge in [0.2, 0.25) is 0 Å². The highest BCUT2D eigenvalue weighted by atomic mass is 19.3. The van der Waals surface area contributed by atoms with Gasteiger partial charge in [-0.3, -0.25) is 4.68 Å². The molecule has 1 saturated carbocycles. The van der Waals surface area contributed by atoms with Crippen LogP contribution in [0.1, 0.15) is 30.7 Å². The van der Waals surface area contributed by atoms with Gasteiger partial charge in [-0.15, -0.1) is 5.10 Å². The lowest BCUT2D eigenvalue weighted by Crippen LogP contribution is -2.04. The van der Waals surface area contributed by atoms with Crippen molar-refractivity contribution in [2.24, 2.45) is 13.0 Å². The molecule has 1 aliphatic rings. The Hall–Kier alpha value is -1.99. The first kappa shape index (κ1) is 13.0. The van der Waals surface area contributed by atoms with Crippen molar-refractivity contribution in [2.45, 2.75) is 32.4 Å². The van der Waals surface area contributed by atoms with Crippen molar-refractivity contribution in [3.05, 3.63) is 23.8 Å². The molecule has 8 heteroatoms. The van der Waals surface area contributed by atoms with Crippen LogP contribution in [0, 0.1) is 5.92 Å². The van der Waals surface area contributed by atoms with E-state index in [4.69, 9.17) is 4.74 Å². The van der Waals surface area contributed by atoms with Crippen molar-refractivity contribution < 1.29 is 13.5 Å². The second-order valence-electron chi connectivity index (χ2n) is 4.98. The summed E-state index contributed by atoms with van der Waals surface area (Å²) in [6.07, 6.45) is 3.23. The van der Waals surface area contributed by atoms with E-state index in [1.165, 1.54) is 19.9 Å². The van der Waals surface area contributed by atoms with E-state index in [2.05, 4.69) is 15.4 Å². The van der Waals surface area contributed by atoms with Crippen LogP contribution in [0.25, 0.3) is 0 Å². The van der Waals surface area contributed by atoms with Crippen molar-refractivity contribution in [2.75, 3.05) is 0 Å². The maximum Gasteiger partial charge on any atom is 0.282 e. The van der Waals surface area contributed by atoms with E-state index in [0.29, 0.717) is 11.7 Å². The molecule has 0 N–H and O–H groups in total. The van der Waals surface area contributed by atoms with Gasteiger partial charge in [0.05, 0.1) is 12.4 Å². The quantitative estimate of drug-likeness (QED) is 0.813. The molecule has 0 unspecified atom stereocenters. The van der Waals surface area contributed by atoms with Crippen LogP contribution in [0.4, 0.5) is 8.78 Å². The molecular weight excluding hydrogens is 268 g/mol. The summed E-state index contributed by atoms with van der Waals surface area (Å²) >= 11 is 0. The minimum absolute atomic E-state index is 0.0391. The van der Waals surface area contributed by atoms with E-state index in [-0.39, 0.29) is 18.0 Å². The molecule has 0 saturated heterocycles. The Morgan fingerprint density at radius 2 is 2.25 bits per heavy atom. The molecule has 20 heavy (non-hydrogen) atoms. The largest absolute Gasteiger partial charge is 0.484 e. The predicted molar refractivity (Wildman–Crippen MR) is 65.2 cm³/mol. The average molecular weight is 283 g/mol. The van der Waals surface area contributed by atoms with Gasteiger partial charge in [-0.1, -0.05) is 5.21 Å². The molecule has 108 valence electrons. The van der Waals surface area contributed by atoms with E-state index in [0.717, 1.165) is 11.2 Å². The van der Waals surface area contributed by atoms with Crippen molar-refractivity contribution in [3.8, 4) is 5.75 Å². The van der Waals surface area contributed by atoms with Gasteiger partial charge in [-0.2, -0.15) is 5.10 Å². The van der Waals surface area contributed by atoms with Crippen LogP contribution < -0.4 is 4.74 Å². The number of aryl methyl sites for hydroxylation is 1. The van der Waals surface area contributed by atoms with Gasteiger partial charge in [0, 0.05) is 13.6 Å². The molecule has 0 bridgehead atoms. The number of halogens is 2. The summed E-state index contributed by atoms with van der Waals surface area (Å²) in [5, 5.41) is 11.5. The number of alkyl halides is 2. The monoisotopic (exact) mass is 283 g/mol. The van der Waals surface area contributed by atoms with Gasteiger partial charge in [-0.05, 0) is 18.8 Å². The zero-order chi connectivity index (χ0) is 14.1. The summed E-state index contributed by atoms with van der Waals surface area (Å²) < 4.78 is 34.0. The molecule has 6 nitrogen and oxygen atoms in total. The van der Waals surface area contributed by atoms with Crippen LogP contribution in [0.15, 0.2) is 12.4 Å². The number of aromatic nitrogens is 5. The highest BCUT2D eigenvalue weighted by Crippen LogP contribution is 2.30. The minimum atomic E-state index is -2.62. The first-order valence-electron chi connectivity index (χ1n) is 6.45. The summed E-state index contributed by atoms with van der Waals surface area (Å²) in [4.78, 5) is 0. The lowest BCUT2D eigenvalue weighted by molar-refractivity contribution is 0.137. The normalized spacial score (nSPS) is 15.0. The summed E-state index contributed by atoms with van der Waals surface area (Å²) in [5.41, 5.74) is -0.0622. The SMILES string of the molecule is Cn1nnc(COc2cnn(CC3CC3)c2)c1C(F)F. The van der Waals surface area contributed by atoms with Gasteiger partial charge in [0.15, 0.2) is 5.75 Å². The molecule has 2 aromatic heterocycles. The molecule has 0 aliphatic heterocycles. The second kappa shape index (κ2) is 5.18. The number of hydrogen-bond donors (Lipinski definition) is 0. The lowest BCUT2D eigenvalue weighted by Gasteiger charge is -2.04. The van der Waals surface area contributed by atoms with Crippen molar-refractivity contribution in [3.63, 3.8) is 0 Å².